The molecule has 2 atom stereocenters. The molecule has 0 unspecified atom stereocenters. The molecule has 2 N–H and O–H groups in total. The van der Waals surface area contributed by atoms with Crippen molar-refractivity contribution in [2.45, 2.75) is 18.5 Å². The van der Waals surface area contributed by atoms with Crippen LogP contribution >= 0.6 is 0 Å². The van der Waals surface area contributed by atoms with Crippen LogP contribution in [0, 0.1) is 21.7 Å². The second-order valence-electron chi connectivity index (χ2n) is 9.59. The average Bonchev–Trinajstić information content (AvgIpc) is 3.59. The van der Waals surface area contributed by atoms with Gasteiger partial charge in [-0.25, -0.2) is 18.4 Å². The van der Waals surface area contributed by atoms with Crippen LogP contribution in [0.4, 0.5) is 20.2 Å². The van der Waals surface area contributed by atoms with E-state index in [1.165, 1.54) is 36.7 Å². The molecule has 15 heteroatoms. The quantitative estimate of drug-likeness (QED) is 0.242. The molecule has 206 valence electrons. The Morgan fingerprint density at radius 3 is 2.54 bits per heavy atom. The molecule has 0 bridgehead atoms. The molecule has 3 aromatic carbocycles. The summed E-state index contributed by atoms with van der Waals surface area (Å²) in [5, 5.41) is 24.5. The van der Waals surface area contributed by atoms with Crippen molar-refractivity contribution in [1.82, 2.24) is 30.2 Å². The molecule has 0 saturated carbocycles. The zero-order chi connectivity index (χ0) is 28.4. The van der Waals surface area contributed by atoms with Gasteiger partial charge in [-0.15, -0.1) is 0 Å². The van der Waals surface area contributed by atoms with E-state index in [9.17, 15) is 23.7 Å². The van der Waals surface area contributed by atoms with E-state index in [1.807, 2.05) is 0 Å². The van der Waals surface area contributed by atoms with Crippen molar-refractivity contribution in [3.63, 3.8) is 0 Å². The van der Waals surface area contributed by atoms with Crippen LogP contribution in [-0.4, -0.2) is 29.5 Å². The Kier molecular flexibility index (Phi) is 5.43. The molecule has 7 rings (SSSR count). The topological polar surface area (TPSA) is 151 Å². The Balaban J connectivity index is 1.47. The largest absolute Gasteiger partial charge is 0.376 e. The summed E-state index contributed by atoms with van der Waals surface area (Å²) in [6.45, 7) is -0.333. The SMILES string of the molecule is Cn1ncnc1[C@H]1c2nn(Cc3cc4c(cc3[N+](=O)[O-])ONO4)c(=O)c3cc(F)cc(c23)N[C@@H]1c1ccc(F)cc1. The van der Waals surface area contributed by atoms with Crippen LogP contribution in [0.3, 0.4) is 0 Å². The van der Waals surface area contributed by atoms with Crippen LogP contribution in [0.15, 0.2) is 59.7 Å². The van der Waals surface area contributed by atoms with Crippen molar-refractivity contribution in [2.75, 3.05) is 5.32 Å². The first-order valence-corrected chi connectivity index (χ1v) is 12.3. The lowest BCUT2D eigenvalue weighted by Gasteiger charge is -2.34. The van der Waals surface area contributed by atoms with Crippen LogP contribution in [-0.2, 0) is 13.6 Å². The molecule has 0 fully saturated rings. The summed E-state index contributed by atoms with van der Waals surface area (Å²) in [5.41, 5.74) is 2.64. The second kappa shape index (κ2) is 9.06. The van der Waals surface area contributed by atoms with Gasteiger partial charge in [0.25, 0.3) is 11.2 Å². The van der Waals surface area contributed by atoms with Gasteiger partial charge < -0.3 is 15.0 Å². The molecular weight excluding hydrogens is 542 g/mol. The van der Waals surface area contributed by atoms with Crippen LogP contribution in [0.1, 0.15) is 34.6 Å². The maximum absolute atomic E-state index is 14.9. The van der Waals surface area contributed by atoms with Crippen LogP contribution in [0.5, 0.6) is 11.5 Å². The molecule has 0 aliphatic carbocycles. The second-order valence-corrected chi connectivity index (χ2v) is 9.59. The number of nitro groups is 1. The van der Waals surface area contributed by atoms with Gasteiger partial charge in [0.15, 0.2) is 5.75 Å². The predicted molar refractivity (Wildman–Crippen MR) is 138 cm³/mol. The highest BCUT2D eigenvalue weighted by Gasteiger charge is 2.38. The summed E-state index contributed by atoms with van der Waals surface area (Å²) < 4.78 is 31.3. The van der Waals surface area contributed by atoms with E-state index in [1.54, 1.807) is 23.9 Å². The van der Waals surface area contributed by atoms with E-state index >= 15 is 0 Å². The van der Waals surface area contributed by atoms with Gasteiger partial charge in [0, 0.05) is 23.8 Å². The van der Waals surface area contributed by atoms with Crippen molar-refractivity contribution in [1.29, 1.82) is 0 Å². The zero-order valence-corrected chi connectivity index (χ0v) is 21.0. The van der Waals surface area contributed by atoms with Crippen molar-refractivity contribution >= 4 is 22.1 Å². The highest BCUT2D eigenvalue weighted by Crippen LogP contribution is 2.46. The number of hydrogen-bond acceptors (Lipinski definition) is 10. The minimum atomic E-state index is -0.670. The van der Waals surface area contributed by atoms with Gasteiger partial charge in [-0.3, -0.25) is 19.6 Å². The summed E-state index contributed by atoms with van der Waals surface area (Å²) in [5.74, 6) is -1.00. The van der Waals surface area contributed by atoms with Crippen molar-refractivity contribution in [3.8, 4) is 11.5 Å². The van der Waals surface area contributed by atoms with Crippen molar-refractivity contribution < 1.29 is 23.4 Å². The predicted octanol–water partition coefficient (Wildman–Crippen LogP) is 3.25. The summed E-state index contributed by atoms with van der Waals surface area (Å²) in [6.07, 6.45) is 1.37. The standard InChI is InChI=1S/C26H18F2N8O5/c1-34-25(29-11-30-34)22-23(12-2-4-14(27)5-3-12)31-17-8-15(28)7-16-21(17)24(22)32-35(26(16)37)10-13-6-19-20(41-33-40-19)9-18(13)36(38)39/h2-9,11,22-23,31,33H,10H2,1H3/t22-,23-/m1/s1. The average molecular weight is 560 g/mol. The third-order valence-corrected chi connectivity index (χ3v) is 7.21. The number of benzene rings is 3. The number of aryl methyl sites for hydroxylation is 1. The first-order chi connectivity index (χ1) is 19.8. The van der Waals surface area contributed by atoms with E-state index in [4.69, 9.17) is 14.8 Å². The number of anilines is 1. The van der Waals surface area contributed by atoms with Gasteiger partial charge in [0.2, 0.25) is 5.75 Å². The Labute approximate surface area is 228 Å². The highest BCUT2D eigenvalue weighted by molar-refractivity contribution is 5.97. The molecule has 5 aromatic rings. The summed E-state index contributed by atoms with van der Waals surface area (Å²) in [6, 6.07) is 10.1. The Morgan fingerprint density at radius 1 is 1.07 bits per heavy atom. The van der Waals surface area contributed by atoms with E-state index in [0.29, 0.717) is 28.2 Å². The molecule has 13 nitrogen and oxygen atoms in total. The van der Waals surface area contributed by atoms with Crippen molar-refractivity contribution in [3.05, 3.63) is 110 Å². The summed E-state index contributed by atoms with van der Waals surface area (Å²) >= 11 is 0. The third-order valence-electron chi connectivity index (χ3n) is 7.21. The van der Waals surface area contributed by atoms with Gasteiger partial charge in [0.1, 0.15) is 23.8 Å². The van der Waals surface area contributed by atoms with Gasteiger partial charge in [-0.1, -0.05) is 12.1 Å². The third kappa shape index (κ3) is 3.93. The molecular formula is C26H18F2N8O5. The van der Waals surface area contributed by atoms with Gasteiger partial charge in [-0.2, -0.15) is 10.2 Å². The van der Waals surface area contributed by atoms with Crippen molar-refractivity contribution in [2.24, 2.45) is 7.05 Å². The van der Waals surface area contributed by atoms with Crippen LogP contribution in [0.2, 0.25) is 0 Å². The minimum absolute atomic E-state index is 0.0206. The number of fused-ring (bicyclic) bond motifs is 1. The summed E-state index contributed by atoms with van der Waals surface area (Å²) in [4.78, 5) is 39.6. The zero-order valence-electron chi connectivity index (χ0n) is 21.0. The van der Waals surface area contributed by atoms with E-state index < -0.39 is 34.1 Å². The molecule has 0 saturated heterocycles. The number of aromatic nitrogens is 5. The highest BCUT2D eigenvalue weighted by atomic mass is 19.1. The lowest BCUT2D eigenvalue weighted by atomic mass is 9.83. The molecule has 2 aliphatic heterocycles. The van der Waals surface area contributed by atoms with E-state index in [0.717, 1.165) is 10.7 Å². The molecule has 4 heterocycles. The molecule has 0 radical (unpaired) electrons. The maximum Gasteiger partial charge on any atom is 0.278 e. The lowest BCUT2D eigenvalue weighted by molar-refractivity contribution is -0.385. The fraction of sp³-hybridized carbons (Fsp3) is 0.154. The molecule has 0 spiro atoms. The first kappa shape index (κ1) is 24.6. The van der Waals surface area contributed by atoms with E-state index in [2.05, 4.69) is 21.0 Å². The number of nitrogens with one attached hydrogen (secondary N) is 2. The first-order valence-electron chi connectivity index (χ1n) is 12.3. The fourth-order valence-electron chi connectivity index (χ4n) is 5.39. The lowest BCUT2D eigenvalue weighted by Crippen LogP contribution is -2.33. The van der Waals surface area contributed by atoms with E-state index in [-0.39, 0.29) is 34.7 Å². The Morgan fingerprint density at radius 2 is 1.83 bits per heavy atom. The minimum Gasteiger partial charge on any atom is -0.376 e. The molecule has 41 heavy (non-hydrogen) atoms. The molecule has 2 aromatic heterocycles. The van der Waals surface area contributed by atoms with Gasteiger partial charge >= 0.3 is 0 Å². The van der Waals surface area contributed by atoms with Gasteiger partial charge in [-0.05, 0) is 35.9 Å². The monoisotopic (exact) mass is 560 g/mol. The number of hydrogen-bond donors (Lipinski definition) is 2. The molecule has 0 amide bonds. The summed E-state index contributed by atoms with van der Waals surface area (Å²) in [7, 11) is 1.70. The Bertz CT molecular complexity index is 1940. The number of halogens is 2. The van der Waals surface area contributed by atoms with Gasteiger partial charge in [0.05, 0.1) is 46.1 Å². The fourth-order valence-corrected chi connectivity index (χ4v) is 5.39. The normalized spacial score (nSPS) is 17.0. The maximum atomic E-state index is 14.9. The number of nitro benzene ring substituents is 1. The molecule has 2 aliphatic rings. The van der Waals surface area contributed by atoms with Crippen LogP contribution in [0.25, 0.3) is 10.8 Å². The smallest absolute Gasteiger partial charge is 0.278 e. The number of nitrogens with zero attached hydrogens (tertiary/aromatic N) is 6. The Hall–Kier alpha value is -5.44. The number of rotatable bonds is 5. The van der Waals surface area contributed by atoms with Crippen LogP contribution < -0.4 is 26.2 Å².